The van der Waals surface area contributed by atoms with Gasteiger partial charge in [0.1, 0.15) is 0 Å². The summed E-state index contributed by atoms with van der Waals surface area (Å²) in [5.74, 6) is -1.36. The molecule has 6 rings (SSSR count). The number of rotatable bonds is 6. The molecule has 4 heterocycles. The fourth-order valence-corrected chi connectivity index (χ4v) is 7.84. The highest BCUT2D eigenvalue weighted by molar-refractivity contribution is 7.91. The smallest absolute Gasteiger partial charge is 0.357 e. The maximum Gasteiger partial charge on any atom is 0.357 e. The Morgan fingerprint density at radius 3 is 2.17 bits per heavy atom. The van der Waals surface area contributed by atoms with Crippen LogP contribution in [0.2, 0.25) is 0 Å². The van der Waals surface area contributed by atoms with Gasteiger partial charge in [-0.25, -0.2) is 13.2 Å². The van der Waals surface area contributed by atoms with Crippen LogP contribution < -0.4 is 9.91 Å². The Morgan fingerprint density at radius 1 is 0.825 bits per heavy atom. The van der Waals surface area contributed by atoms with Crippen molar-refractivity contribution in [1.82, 2.24) is 0 Å². The lowest BCUT2D eigenvalue weighted by atomic mass is 10.1. The number of anilines is 2. The number of para-hydroxylation sites is 1. The minimum absolute atomic E-state index is 0.0445. The first-order chi connectivity index (χ1) is 19.3. The van der Waals surface area contributed by atoms with Crippen molar-refractivity contribution in [3.05, 3.63) is 89.3 Å². The second-order valence-corrected chi connectivity index (χ2v) is 13.8. The predicted octanol–water partition coefficient (Wildman–Crippen LogP) is 5.25. The monoisotopic (exact) mass is 589 g/mol. The minimum atomic E-state index is -2.92. The van der Waals surface area contributed by atoms with Gasteiger partial charge >= 0.3 is 5.97 Å². The molecule has 0 aliphatic carbocycles. The molecule has 0 spiro atoms. The third-order valence-corrected chi connectivity index (χ3v) is 10.7. The highest BCUT2D eigenvalue weighted by Crippen LogP contribution is 2.39. The summed E-state index contributed by atoms with van der Waals surface area (Å²) in [4.78, 5) is 30.9. The number of benzene rings is 2. The first kappa shape index (κ1) is 26.2. The van der Waals surface area contributed by atoms with E-state index in [0.29, 0.717) is 18.8 Å². The number of carboxylic acids is 1. The average Bonchev–Trinajstić information content (AvgIpc) is 3.69. The van der Waals surface area contributed by atoms with E-state index in [9.17, 15) is 23.1 Å². The number of hydrogen-bond donors (Lipinski definition) is 1. The van der Waals surface area contributed by atoms with Crippen molar-refractivity contribution in [1.29, 1.82) is 0 Å². The van der Waals surface area contributed by atoms with E-state index in [1.165, 1.54) is 11.3 Å². The highest BCUT2D eigenvalue weighted by atomic mass is 32.2. The largest absolute Gasteiger partial charge is 0.476 e. The predicted molar refractivity (Wildman–Crippen MR) is 161 cm³/mol. The molecular weight excluding hydrogens is 567 g/mol. The second-order valence-electron chi connectivity index (χ2n) is 9.32. The van der Waals surface area contributed by atoms with Crippen molar-refractivity contribution >= 4 is 67.5 Å². The van der Waals surface area contributed by atoms with Gasteiger partial charge in [0.15, 0.2) is 15.5 Å². The van der Waals surface area contributed by atoms with Gasteiger partial charge < -0.3 is 10.0 Å². The SMILES string of the molecule is O=C(O)C1=NN(c2ccccc2)C(=O)C1=Cc1ccc(-c2ccc(-c3ccc(N4CCS(=O)(=O)CC4)cc3)s2)s1. The van der Waals surface area contributed by atoms with Crippen LogP contribution in [-0.2, 0) is 19.4 Å². The summed E-state index contributed by atoms with van der Waals surface area (Å²) >= 11 is 3.12. The zero-order chi connectivity index (χ0) is 27.9. The standard InChI is InChI=1S/C29H23N3O5S3/c33-28-23(27(29(34)35)30-32(28)21-4-2-1-3-5-21)18-22-10-11-25(38-22)26-13-12-24(39-26)19-6-8-20(9-7-19)31-14-16-40(36,37)17-15-31/h1-13,18H,14-17H2,(H,34,35). The maximum atomic E-state index is 13.1. The van der Waals surface area contributed by atoms with Gasteiger partial charge in [-0.15, -0.1) is 22.7 Å². The van der Waals surface area contributed by atoms with Crippen molar-refractivity contribution in [2.24, 2.45) is 5.10 Å². The molecule has 0 unspecified atom stereocenters. The summed E-state index contributed by atoms with van der Waals surface area (Å²) in [5.41, 5.74) is 2.36. The van der Waals surface area contributed by atoms with Gasteiger partial charge in [-0.2, -0.15) is 10.1 Å². The summed E-state index contributed by atoms with van der Waals surface area (Å²) in [6.45, 7) is 1.02. The molecular formula is C29H23N3O5S3. The van der Waals surface area contributed by atoms with Gasteiger partial charge in [-0.3, -0.25) is 4.79 Å². The number of hydrogen-bond acceptors (Lipinski definition) is 8. The normalized spacial score (nSPS) is 17.9. The molecule has 2 aromatic heterocycles. The maximum absolute atomic E-state index is 13.1. The van der Waals surface area contributed by atoms with Crippen LogP contribution in [0, 0.1) is 0 Å². The van der Waals surface area contributed by atoms with Gasteiger partial charge in [-0.1, -0.05) is 30.3 Å². The Hall–Kier alpha value is -4.06. The lowest BCUT2D eigenvalue weighted by Gasteiger charge is -2.28. The summed E-state index contributed by atoms with van der Waals surface area (Å²) in [6.07, 6.45) is 1.59. The molecule has 2 aliphatic heterocycles. The van der Waals surface area contributed by atoms with E-state index in [0.717, 1.165) is 35.8 Å². The third-order valence-electron chi connectivity index (χ3n) is 6.70. The lowest BCUT2D eigenvalue weighted by Crippen LogP contribution is -2.40. The van der Waals surface area contributed by atoms with Crippen molar-refractivity contribution in [3.8, 4) is 20.2 Å². The summed E-state index contributed by atoms with van der Waals surface area (Å²) in [7, 11) is -2.92. The molecule has 11 heteroatoms. The molecule has 1 N–H and O–H groups in total. The summed E-state index contributed by atoms with van der Waals surface area (Å²) in [6, 6.07) is 24.9. The highest BCUT2D eigenvalue weighted by Gasteiger charge is 2.35. The van der Waals surface area contributed by atoms with E-state index in [-0.39, 0.29) is 22.8 Å². The fraction of sp³-hybridized carbons (Fsp3) is 0.138. The van der Waals surface area contributed by atoms with Crippen LogP contribution in [0.3, 0.4) is 0 Å². The molecule has 0 saturated carbocycles. The number of thiophene rings is 2. The number of amides is 1. The van der Waals surface area contributed by atoms with E-state index >= 15 is 0 Å². The average molecular weight is 590 g/mol. The van der Waals surface area contributed by atoms with Crippen molar-refractivity contribution in [2.75, 3.05) is 34.5 Å². The first-order valence-electron chi connectivity index (χ1n) is 12.5. The molecule has 2 aliphatic rings. The quantitative estimate of drug-likeness (QED) is 0.308. The van der Waals surface area contributed by atoms with E-state index in [2.05, 4.69) is 28.2 Å². The Labute approximate surface area is 239 Å². The number of aliphatic carboxylic acids is 1. The van der Waals surface area contributed by atoms with Gasteiger partial charge in [-0.05, 0) is 60.2 Å². The Bertz CT molecular complexity index is 1760. The van der Waals surface area contributed by atoms with Crippen LogP contribution in [0.15, 0.2) is 89.5 Å². The molecule has 2 aromatic carbocycles. The summed E-state index contributed by atoms with van der Waals surface area (Å²) in [5, 5.41) is 14.9. The Balaban J connectivity index is 1.20. The Morgan fingerprint density at radius 2 is 1.48 bits per heavy atom. The zero-order valence-electron chi connectivity index (χ0n) is 21.1. The van der Waals surface area contributed by atoms with Gasteiger partial charge in [0.05, 0.1) is 22.8 Å². The topological polar surface area (TPSA) is 107 Å². The van der Waals surface area contributed by atoms with Crippen LogP contribution in [0.5, 0.6) is 0 Å². The van der Waals surface area contributed by atoms with E-state index in [1.807, 2.05) is 36.4 Å². The second kappa shape index (κ2) is 10.5. The van der Waals surface area contributed by atoms with Gasteiger partial charge in [0.25, 0.3) is 5.91 Å². The number of sulfone groups is 1. The van der Waals surface area contributed by atoms with Gasteiger partial charge in [0.2, 0.25) is 0 Å². The number of hydrazone groups is 1. The van der Waals surface area contributed by atoms with E-state index in [1.54, 1.807) is 41.7 Å². The lowest BCUT2D eigenvalue weighted by molar-refractivity contribution is -0.129. The molecule has 0 bridgehead atoms. The van der Waals surface area contributed by atoms with Gasteiger partial charge in [0, 0.05) is 38.3 Å². The van der Waals surface area contributed by atoms with Crippen molar-refractivity contribution in [2.45, 2.75) is 0 Å². The van der Waals surface area contributed by atoms with Crippen LogP contribution in [0.25, 0.3) is 26.3 Å². The van der Waals surface area contributed by atoms with E-state index in [4.69, 9.17) is 0 Å². The molecule has 1 fully saturated rings. The Kier molecular flexibility index (Phi) is 6.87. The van der Waals surface area contributed by atoms with Crippen LogP contribution in [-0.4, -0.2) is 55.7 Å². The molecule has 1 amide bonds. The van der Waals surface area contributed by atoms with Crippen molar-refractivity contribution < 1.29 is 23.1 Å². The molecule has 0 radical (unpaired) electrons. The zero-order valence-corrected chi connectivity index (χ0v) is 23.5. The first-order valence-corrected chi connectivity index (χ1v) is 15.9. The molecule has 1 saturated heterocycles. The number of nitrogens with zero attached hydrogens (tertiary/aromatic N) is 3. The number of carboxylic acid groups (broad SMARTS) is 1. The number of carbonyl (C=O) groups is 2. The molecule has 0 atom stereocenters. The van der Waals surface area contributed by atoms with Crippen LogP contribution in [0.4, 0.5) is 11.4 Å². The molecule has 202 valence electrons. The number of carbonyl (C=O) groups excluding carboxylic acids is 1. The van der Waals surface area contributed by atoms with Crippen molar-refractivity contribution in [3.63, 3.8) is 0 Å². The molecule has 4 aromatic rings. The fourth-order valence-electron chi connectivity index (χ4n) is 4.58. The minimum Gasteiger partial charge on any atom is -0.476 e. The molecule has 40 heavy (non-hydrogen) atoms. The van der Waals surface area contributed by atoms with Crippen LogP contribution in [0.1, 0.15) is 4.88 Å². The van der Waals surface area contributed by atoms with E-state index < -0.39 is 21.7 Å². The summed E-state index contributed by atoms with van der Waals surface area (Å²) < 4.78 is 23.4. The third kappa shape index (κ3) is 5.23. The van der Waals surface area contributed by atoms with Crippen LogP contribution >= 0.6 is 22.7 Å². The molecule has 8 nitrogen and oxygen atoms in total.